The lowest BCUT2D eigenvalue weighted by Crippen LogP contribution is -2.35. The molecule has 0 saturated carbocycles. The predicted molar refractivity (Wildman–Crippen MR) is 120 cm³/mol. The summed E-state index contributed by atoms with van der Waals surface area (Å²) < 4.78 is 10.1. The minimum absolute atomic E-state index is 0.00883. The SMILES string of the molecule is COC(=O)c1cccc(NC(=O)c2cc(-c3ccccc3)c(N3CCOCC3)s2)c1O. The number of ether oxygens (including phenoxy) is 2. The topological polar surface area (TPSA) is 88.1 Å². The van der Waals surface area contributed by atoms with Gasteiger partial charge in [0.1, 0.15) is 5.56 Å². The number of rotatable bonds is 5. The number of hydrogen-bond donors (Lipinski definition) is 2. The van der Waals surface area contributed by atoms with Crippen LogP contribution in [-0.2, 0) is 9.47 Å². The molecule has 1 amide bonds. The number of benzene rings is 2. The third kappa shape index (κ3) is 4.40. The van der Waals surface area contributed by atoms with Crippen molar-refractivity contribution in [2.24, 2.45) is 0 Å². The molecule has 0 atom stereocenters. The summed E-state index contributed by atoms with van der Waals surface area (Å²) in [6.45, 7) is 2.79. The van der Waals surface area contributed by atoms with Gasteiger partial charge in [-0.1, -0.05) is 36.4 Å². The van der Waals surface area contributed by atoms with Gasteiger partial charge in [0.25, 0.3) is 5.91 Å². The van der Waals surface area contributed by atoms with Crippen LogP contribution in [0.2, 0.25) is 0 Å². The maximum Gasteiger partial charge on any atom is 0.341 e. The van der Waals surface area contributed by atoms with Crippen molar-refractivity contribution in [3.63, 3.8) is 0 Å². The Labute approximate surface area is 183 Å². The molecule has 1 aliphatic rings. The molecule has 1 aliphatic heterocycles. The highest BCUT2D eigenvalue weighted by Crippen LogP contribution is 2.40. The third-order valence-electron chi connectivity index (χ3n) is 5.01. The quantitative estimate of drug-likeness (QED) is 0.463. The van der Waals surface area contributed by atoms with Gasteiger partial charge < -0.3 is 24.8 Å². The number of para-hydroxylation sites is 1. The standard InChI is InChI=1S/C23H22N2O5S/c1-29-23(28)16-8-5-9-18(20(16)26)24-21(27)19-14-17(15-6-3-2-4-7-15)22(31-19)25-10-12-30-13-11-25/h2-9,14,26H,10-13H2,1H3,(H,24,27). The van der Waals surface area contributed by atoms with Gasteiger partial charge >= 0.3 is 5.97 Å². The molecule has 1 saturated heterocycles. The first-order valence-corrected chi connectivity index (χ1v) is 10.6. The second kappa shape index (κ2) is 9.20. The van der Waals surface area contributed by atoms with Gasteiger partial charge in [0.05, 0.1) is 35.9 Å². The molecule has 8 heteroatoms. The molecule has 3 aromatic rings. The largest absolute Gasteiger partial charge is 0.505 e. The number of anilines is 2. The van der Waals surface area contributed by atoms with Crippen LogP contribution in [0.4, 0.5) is 10.7 Å². The predicted octanol–water partition coefficient (Wildman–Crippen LogP) is 4.00. The number of hydrogen-bond acceptors (Lipinski definition) is 7. The zero-order valence-corrected chi connectivity index (χ0v) is 17.8. The number of nitrogens with one attached hydrogen (secondary N) is 1. The van der Waals surface area contributed by atoms with E-state index in [1.165, 1.54) is 30.6 Å². The number of thiophene rings is 1. The monoisotopic (exact) mass is 438 g/mol. The molecular weight excluding hydrogens is 416 g/mol. The summed E-state index contributed by atoms with van der Waals surface area (Å²) in [4.78, 5) is 27.6. The molecule has 2 heterocycles. The van der Waals surface area contributed by atoms with E-state index < -0.39 is 5.97 Å². The Kier molecular flexibility index (Phi) is 6.20. The number of aromatic hydroxyl groups is 1. The number of phenols is 1. The van der Waals surface area contributed by atoms with Gasteiger partial charge in [-0.25, -0.2) is 4.79 Å². The lowest BCUT2D eigenvalue weighted by Gasteiger charge is -2.28. The fourth-order valence-corrected chi connectivity index (χ4v) is 4.55. The van der Waals surface area contributed by atoms with Gasteiger partial charge in [0, 0.05) is 18.7 Å². The van der Waals surface area contributed by atoms with E-state index in [1.807, 2.05) is 36.4 Å². The van der Waals surface area contributed by atoms with E-state index >= 15 is 0 Å². The van der Waals surface area contributed by atoms with Gasteiger partial charge in [-0.2, -0.15) is 0 Å². The van der Waals surface area contributed by atoms with Crippen LogP contribution in [0.3, 0.4) is 0 Å². The van der Waals surface area contributed by atoms with E-state index in [-0.39, 0.29) is 22.9 Å². The number of phenolic OH excluding ortho intramolecular Hbond substituents is 1. The maximum absolute atomic E-state index is 13.0. The van der Waals surface area contributed by atoms with E-state index in [1.54, 1.807) is 6.07 Å². The Morgan fingerprint density at radius 1 is 1.10 bits per heavy atom. The van der Waals surface area contributed by atoms with E-state index in [0.29, 0.717) is 18.1 Å². The molecule has 31 heavy (non-hydrogen) atoms. The molecule has 0 spiro atoms. The molecule has 0 unspecified atom stereocenters. The Hall–Kier alpha value is -3.36. The summed E-state index contributed by atoms with van der Waals surface area (Å²) in [7, 11) is 1.23. The molecule has 0 radical (unpaired) electrons. The molecule has 7 nitrogen and oxygen atoms in total. The van der Waals surface area contributed by atoms with Gasteiger partial charge in [0.15, 0.2) is 5.75 Å². The zero-order chi connectivity index (χ0) is 21.8. The highest BCUT2D eigenvalue weighted by Gasteiger charge is 2.23. The summed E-state index contributed by atoms with van der Waals surface area (Å²) in [6.07, 6.45) is 0. The number of amides is 1. The molecule has 1 aromatic heterocycles. The van der Waals surface area contributed by atoms with Crippen LogP contribution in [0.15, 0.2) is 54.6 Å². The van der Waals surface area contributed by atoms with E-state index in [4.69, 9.17) is 4.74 Å². The fourth-order valence-electron chi connectivity index (χ4n) is 3.42. The van der Waals surface area contributed by atoms with Crippen LogP contribution >= 0.6 is 11.3 Å². The minimum Gasteiger partial charge on any atom is -0.505 e. The highest BCUT2D eigenvalue weighted by molar-refractivity contribution is 7.18. The van der Waals surface area contributed by atoms with Crippen LogP contribution in [0.1, 0.15) is 20.0 Å². The van der Waals surface area contributed by atoms with Gasteiger partial charge in [-0.3, -0.25) is 4.79 Å². The fraction of sp³-hybridized carbons (Fsp3) is 0.217. The second-order valence-electron chi connectivity index (χ2n) is 6.94. The highest BCUT2D eigenvalue weighted by atomic mass is 32.1. The molecule has 4 rings (SSSR count). The van der Waals surface area contributed by atoms with Crippen molar-refractivity contribution >= 4 is 33.9 Å². The van der Waals surface area contributed by atoms with Crippen molar-refractivity contribution in [3.05, 3.63) is 65.0 Å². The number of morpholine rings is 1. The Balaban J connectivity index is 1.66. The maximum atomic E-state index is 13.0. The van der Waals surface area contributed by atoms with Crippen molar-refractivity contribution in [2.45, 2.75) is 0 Å². The average Bonchev–Trinajstić information content (AvgIpc) is 3.27. The van der Waals surface area contributed by atoms with Crippen molar-refractivity contribution in [2.75, 3.05) is 43.6 Å². The van der Waals surface area contributed by atoms with Crippen molar-refractivity contribution < 1.29 is 24.2 Å². The summed E-state index contributed by atoms with van der Waals surface area (Å²) in [5.74, 6) is -1.36. The number of carbonyl (C=O) groups excluding carboxylic acids is 2. The van der Waals surface area contributed by atoms with E-state index in [9.17, 15) is 14.7 Å². The number of carbonyl (C=O) groups is 2. The van der Waals surface area contributed by atoms with E-state index in [0.717, 1.165) is 29.2 Å². The van der Waals surface area contributed by atoms with Crippen LogP contribution < -0.4 is 10.2 Å². The second-order valence-corrected chi connectivity index (χ2v) is 7.97. The molecule has 160 valence electrons. The summed E-state index contributed by atoms with van der Waals surface area (Å²) in [6, 6.07) is 16.3. The molecule has 0 aliphatic carbocycles. The van der Waals surface area contributed by atoms with Crippen molar-refractivity contribution in [1.82, 2.24) is 0 Å². The molecular formula is C23H22N2O5S. The van der Waals surface area contributed by atoms with Gasteiger partial charge in [0.2, 0.25) is 0 Å². The minimum atomic E-state index is -0.675. The Bertz CT molecular complexity index is 1090. The first kappa shape index (κ1) is 20.9. The molecule has 0 bridgehead atoms. The number of methoxy groups -OCH3 is 1. The average molecular weight is 439 g/mol. The summed E-state index contributed by atoms with van der Waals surface area (Å²) in [5, 5.41) is 14.1. The van der Waals surface area contributed by atoms with Crippen LogP contribution in [0, 0.1) is 0 Å². The third-order valence-corrected chi connectivity index (χ3v) is 6.20. The lowest BCUT2D eigenvalue weighted by atomic mass is 10.1. The smallest absolute Gasteiger partial charge is 0.341 e. The first-order chi connectivity index (χ1) is 15.1. The van der Waals surface area contributed by atoms with Crippen molar-refractivity contribution in [1.29, 1.82) is 0 Å². The van der Waals surface area contributed by atoms with Crippen LogP contribution in [-0.4, -0.2) is 50.4 Å². The zero-order valence-electron chi connectivity index (χ0n) is 17.0. The summed E-state index contributed by atoms with van der Waals surface area (Å²) in [5.41, 5.74) is 2.14. The van der Waals surface area contributed by atoms with E-state index in [2.05, 4.69) is 15.0 Å². The number of esters is 1. The lowest BCUT2D eigenvalue weighted by molar-refractivity contribution is 0.0597. The normalized spacial score (nSPS) is 13.6. The van der Waals surface area contributed by atoms with Crippen molar-refractivity contribution in [3.8, 4) is 16.9 Å². The summed E-state index contributed by atoms with van der Waals surface area (Å²) >= 11 is 1.39. The van der Waals surface area contributed by atoms with Crippen LogP contribution in [0.5, 0.6) is 5.75 Å². The van der Waals surface area contributed by atoms with Gasteiger partial charge in [-0.15, -0.1) is 11.3 Å². The Morgan fingerprint density at radius 3 is 2.55 bits per heavy atom. The van der Waals surface area contributed by atoms with Gasteiger partial charge in [-0.05, 0) is 23.8 Å². The first-order valence-electron chi connectivity index (χ1n) is 9.82. The molecule has 2 aromatic carbocycles. The number of nitrogens with zero attached hydrogens (tertiary/aromatic N) is 1. The Morgan fingerprint density at radius 2 is 1.84 bits per heavy atom. The van der Waals surface area contributed by atoms with Crippen LogP contribution in [0.25, 0.3) is 11.1 Å². The molecule has 1 fully saturated rings. The molecule has 2 N–H and O–H groups in total.